The van der Waals surface area contributed by atoms with Gasteiger partial charge in [-0.3, -0.25) is 0 Å². The first-order valence-electron chi connectivity index (χ1n) is 14.2. The first kappa shape index (κ1) is 38.2. The van der Waals surface area contributed by atoms with Gasteiger partial charge in [0.25, 0.3) is 0 Å². The molecule has 0 atom stereocenters. The molecule has 0 bridgehead atoms. The summed E-state index contributed by atoms with van der Waals surface area (Å²) >= 11 is 0. The Morgan fingerprint density at radius 3 is 0.541 bits per heavy atom. The van der Waals surface area contributed by atoms with Crippen molar-refractivity contribution < 1.29 is 0 Å². The second kappa shape index (κ2) is 30.7. The molecule has 0 heterocycles. The van der Waals surface area contributed by atoms with Crippen molar-refractivity contribution in [1.82, 2.24) is 0 Å². The Bertz CT molecular complexity index is 876. The molecule has 0 nitrogen and oxygen atoms in total. The molecule has 0 heteroatoms. The summed E-state index contributed by atoms with van der Waals surface area (Å²) in [5, 5.41) is 5.24. The molecule has 37 heavy (non-hydrogen) atoms. The molecule has 0 aliphatic carbocycles. The van der Waals surface area contributed by atoms with Crippen LogP contribution in [0.2, 0.25) is 0 Å². The fourth-order valence-corrected chi connectivity index (χ4v) is 2.80. The van der Waals surface area contributed by atoms with Gasteiger partial charge in [-0.05, 0) is 28.5 Å². The number of fused-ring (bicyclic) bond motifs is 2. The van der Waals surface area contributed by atoms with Crippen molar-refractivity contribution in [3.63, 3.8) is 0 Å². The zero-order valence-electron chi connectivity index (χ0n) is 25.6. The lowest BCUT2D eigenvalue weighted by Crippen LogP contribution is -1.67. The summed E-state index contributed by atoms with van der Waals surface area (Å²) in [6.07, 6.45) is 0. The largest absolute Gasteiger partial charge is 0.0683 e. The molecular weight excluding hydrogens is 444 g/mol. The molecule has 0 radical (unpaired) electrons. The van der Waals surface area contributed by atoms with Crippen LogP contribution in [0.5, 0.6) is 0 Å². The van der Waals surface area contributed by atoms with Crippen LogP contribution in [-0.4, -0.2) is 0 Å². The third-order valence-corrected chi connectivity index (χ3v) is 4.26. The van der Waals surface area contributed by atoms with Gasteiger partial charge in [0.1, 0.15) is 0 Å². The second-order valence-electron chi connectivity index (χ2n) is 6.35. The van der Waals surface area contributed by atoms with Gasteiger partial charge in [-0.15, -0.1) is 0 Å². The molecule has 0 aromatic heterocycles. The normalized spacial score (nSPS) is 7.86. The SMILES string of the molecule is CC.CC.CC.CC.CC.Cc1ccccc1.c1ccc2ccccc2c1.c1ccc2ccccc2c1. The highest BCUT2D eigenvalue weighted by molar-refractivity contribution is 5.82. The van der Waals surface area contributed by atoms with Crippen molar-refractivity contribution in [3.05, 3.63) is 133 Å². The summed E-state index contributed by atoms with van der Waals surface area (Å²) in [6.45, 7) is 22.1. The Hall–Kier alpha value is -3.38. The smallest absolute Gasteiger partial charge is 0.0184 e. The van der Waals surface area contributed by atoms with Crippen LogP contribution in [0, 0.1) is 6.92 Å². The number of hydrogen-bond acceptors (Lipinski definition) is 0. The minimum absolute atomic E-state index is 1.31. The van der Waals surface area contributed by atoms with Gasteiger partial charge in [-0.2, -0.15) is 0 Å². The topological polar surface area (TPSA) is 0 Å². The van der Waals surface area contributed by atoms with Crippen molar-refractivity contribution in [2.75, 3.05) is 0 Å². The third-order valence-electron chi connectivity index (χ3n) is 4.26. The fourth-order valence-electron chi connectivity index (χ4n) is 2.80. The van der Waals surface area contributed by atoms with E-state index in [0.29, 0.717) is 0 Å². The third kappa shape index (κ3) is 18.5. The highest BCUT2D eigenvalue weighted by atomic mass is 13.9. The summed E-state index contributed by atoms with van der Waals surface area (Å²) in [5.41, 5.74) is 1.32. The molecule has 5 aromatic rings. The highest BCUT2D eigenvalue weighted by Gasteiger charge is 1.86. The van der Waals surface area contributed by atoms with Crippen molar-refractivity contribution in [3.8, 4) is 0 Å². The lowest BCUT2D eigenvalue weighted by atomic mass is 10.1. The van der Waals surface area contributed by atoms with E-state index < -0.39 is 0 Å². The van der Waals surface area contributed by atoms with E-state index in [0.717, 1.165) is 0 Å². The van der Waals surface area contributed by atoms with Crippen LogP contribution in [0.25, 0.3) is 21.5 Å². The van der Waals surface area contributed by atoms with Crippen molar-refractivity contribution >= 4 is 21.5 Å². The Balaban J connectivity index is -0.000000405. The first-order valence-corrected chi connectivity index (χ1v) is 14.2. The number of hydrogen-bond donors (Lipinski definition) is 0. The molecular formula is C37H54. The fraction of sp³-hybridized carbons (Fsp3) is 0.297. The molecule has 202 valence electrons. The molecule has 0 N–H and O–H groups in total. The van der Waals surface area contributed by atoms with Crippen LogP contribution in [-0.2, 0) is 0 Å². The highest BCUT2D eigenvalue weighted by Crippen LogP contribution is 2.12. The van der Waals surface area contributed by atoms with E-state index in [1.807, 2.05) is 87.4 Å². The molecule has 0 fully saturated rings. The van der Waals surface area contributed by atoms with Crippen LogP contribution in [0.1, 0.15) is 74.8 Å². The van der Waals surface area contributed by atoms with E-state index in [-0.39, 0.29) is 0 Å². The van der Waals surface area contributed by atoms with Crippen LogP contribution in [0.15, 0.2) is 127 Å². The molecule has 0 saturated heterocycles. The molecule has 5 aromatic carbocycles. The maximum absolute atomic E-state index is 2.12. The van der Waals surface area contributed by atoms with E-state index in [9.17, 15) is 0 Å². The van der Waals surface area contributed by atoms with E-state index in [1.165, 1.54) is 27.1 Å². The molecule has 0 amide bonds. The van der Waals surface area contributed by atoms with E-state index in [4.69, 9.17) is 0 Å². The van der Waals surface area contributed by atoms with Crippen LogP contribution < -0.4 is 0 Å². The number of rotatable bonds is 0. The zero-order chi connectivity index (χ0) is 28.7. The van der Waals surface area contributed by atoms with Gasteiger partial charge in [0.2, 0.25) is 0 Å². The Morgan fingerprint density at radius 2 is 0.405 bits per heavy atom. The van der Waals surface area contributed by atoms with Gasteiger partial charge in [-0.1, -0.05) is 202 Å². The monoisotopic (exact) mass is 498 g/mol. The quantitative estimate of drug-likeness (QED) is 0.199. The second-order valence-corrected chi connectivity index (χ2v) is 6.35. The predicted molar refractivity (Wildman–Crippen MR) is 176 cm³/mol. The minimum Gasteiger partial charge on any atom is -0.0683 e. The van der Waals surface area contributed by atoms with Crippen LogP contribution >= 0.6 is 0 Å². The standard InChI is InChI=1S/2C10H8.C7H8.5C2H6/c2*1-2-6-10-8-4-3-7-9(10)5-1;1-7-5-3-2-4-6-7;5*1-2/h2*1-8H;2-6H,1H3;5*1-2H3. The van der Waals surface area contributed by atoms with E-state index in [2.05, 4.69) is 116 Å². The summed E-state index contributed by atoms with van der Waals surface area (Å²) in [6, 6.07) is 43.7. The maximum Gasteiger partial charge on any atom is -0.0184 e. The van der Waals surface area contributed by atoms with Crippen molar-refractivity contribution in [2.45, 2.75) is 76.2 Å². The van der Waals surface area contributed by atoms with Gasteiger partial charge in [0.05, 0.1) is 0 Å². The number of aryl methyl sites for hydroxylation is 1. The zero-order valence-corrected chi connectivity index (χ0v) is 25.6. The molecule has 0 saturated carbocycles. The average molecular weight is 499 g/mol. The van der Waals surface area contributed by atoms with Gasteiger partial charge >= 0.3 is 0 Å². The molecule has 0 aliphatic rings. The van der Waals surface area contributed by atoms with E-state index >= 15 is 0 Å². The lowest BCUT2D eigenvalue weighted by Gasteiger charge is -1.92. The predicted octanol–water partition coefficient (Wildman–Crippen LogP) is 12.8. The maximum atomic E-state index is 2.12. The lowest BCUT2D eigenvalue weighted by molar-refractivity contribution is 1.48. The van der Waals surface area contributed by atoms with Crippen molar-refractivity contribution in [1.29, 1.82) is 0 Å². The summed E-state index contributed by atoms with van der Waals surface area (Å²) in [5.74, 6) is 0. The summed E-state index contributed by atoms with van der Waals surface area (Å²) < 4.78 is 0. The Labute approximate surface area is 230 Å². The van der Waals surface area contributed by atoms with Gasteiger partial charge in [-0.25, -0.2) is 0 Å². The molecule has 0 spiro atoms. The van der Waals surface area contributed by atoms with Gasteiger partial charge in [0, 0.05) is 0 Å². The average Bonchev–Trinajstić information content (AvgIpc) is 3.03. The summed E-state index contributed by atoms with van der Waals surface area (Å²) in [4.78, 5) is 0. The van der Waals surface area contributed by atoms with Gasteiger partial charge < -0.3 is 0 Å². The van der Waals surface area contributed by atoms with Gasteiger partial charge in [0.15, 0.2) is 0 Å². The minimum atomic E-state index is 1.31. The Morgan fingerprint density at radius 1 is 0.243 bits per heavy atom. The Kier molecular flexibility index (Phi) is 31.6. The molecule has 5 rings (SSSR count). The number of benzene rings is 5. The van der Waals surface area contributed by atoms with E-state index in [1.54, 1.807) is 0 Å². The molecule has 0 unspecified atom stereocenters. The summed E-state index contributed by atoms with van der Waals surface area (Å²) in [7, 11) is 0. The van der Waals surface area contributed by atoms with Crippen LogP contribution in [0.3, 0.4) is 0 Å². The van der Waals surface area contributed by atoms with Crippen LogP contribution in [0.4, 0.5) is 0 Å². The molecule has 0 aliphatic heterocycles. The van der Waals surface area contributed by atoms with Crippen molar-refractivity contribution in [2.24, 2.45) is 0 Å². The first-order chi connectivity index (χ1) is 18.3.